The molecule has 0 aromatic carbocycles. The van der Waals surface area contributed by atoms with Crippen molar-refractivity contribution in [1.29, 1.82) is 0 Å². The van der Waals surface area contributed by atoms with Gasteiger partial charge in [0.15, 0.2) is 18.5 Å². The summed E-state index contributed by atoms with van der Waals surface area (Å²) in [5.74, 6) is -2.65. The van der Waals surface area contributed by atoms with Gasteiger partial charge in [-0.1, -0.05) is 11.6 Å². The second-order valence-corrected chi connectivity index (χ2v) is 7.39. The van der Waals surface area contributed by atoms with E-state index in [9.17, 15) is 14.4 Å². The van der Waals surface area contributed by atoms with Gasteiger partial charge in [-0.3, -0.25) is 9.88 Å². The smallest absolute Gasteiger partial charge is 0.374 e. The number of hydrogen-bond acceptors (Lipinski definition) is 9. The molecule has 2 aromatic heterocycles. The first-order valence-corrected chi connectivity index (χ1v) is 10.8. The van der Waals surface area contributed by atoms with Crippen LogP contribution in [-0.2, 0) is 19.2 Å². The van der Waals surface area contributed by atoms with Crippen LogP contribution in [0.3, 0.4) is 0 Å². The topological polar surface area (TPSA) is 178 Å². The highest BCUT2D eigenvalue weighted by Gasteiger charge is 2.23. The normalized spacial score (nSPS) is 15.0. The summed E-state index contributed by atoms with van der Waals surface area (Å²) < 4.78 is 10.7. The molecule has 0 amide bonds. The van der Waals surface area contributed by atoms with Gasteiger partial charge in [-0.25, -0.2) is 14.4 Å². The number of hydrogen-bond donors (Lipinski definition) is 3. The third kappa shape index (κ3) is 11.0. The molecule has 12 heteroatoms. The first kappa shape index (κ1) is 27.1. The van der Waals surface area contributed by atoms with Gasteiger partial charge in [0.1, 0.15) is 0 Å². The van der Waals surface area contributed by atoms with Crippen LogP contribution in [0.25, 0.3) is 0 Å². The van der Waals surface area contributed by atoms with E-state index >= 15 is 0 Å². The molecule has 1 aliphatic heterocycles. The van der Waals surface area contributed by atoms with Crippen molar-refractivity contribution in [3.05, 3.63) is 66.4 Å². The fourth-order valence-electron chi connectivity index (χ4n) is 3.06. The Morgan fingerprint density at radius 2 is 1.86 bits per heavy atom. The molecule has 188 valence electrons. The lowest BCUT2D eigenvalue weighted by molar-refractivity contribution is -0.134. The largest absolute Gasteiger partial charge is 0.478 e. The fourth-order valence-corrected chi connectivity index (χ4v) is 3.06. The van der Waals surface area contributed by atoms with Crippen molar-refractivity contribution in [2.75, 3.05) is 26.2 Å². The van der Waals surface area contributed by atoms with Crippen LogP contribution in [0, 0.1) is 0 Å². The standard InChI is InChI=1S/C19H24N4O4.C4H4O4/c20-18(15-6-4-8-21-12-15)22-26-14-16(13-23-9-2-1-3-10-23)27-19(24)17-7-5-11-25-17;5-3(6)1-2-4(7)8/h4-8,11-12,16H,1-3,9-10,13-14H2,(H2,20,22);1-2H,(H,5,6)(H,7,8)/b;2-1-. The number of piperidine rings is 1. The monoisotopic (exact) mass is 488 g/mol. The van der Waals surface area contributed by atoms with Gasteiger partial charge in [0.25, 0.3) is 0 Å². The Balaban J connectivity index is 0.000000466. The molecule has 3 heterocycles. The SMILES string of the molecule is NC(=NOCC(CN1CCCCC1)OC(=O)c1ccco1)c1cccnc1.O=C(O)/C=C\C(=O)O. The number of ether oxygens (including phenoxy) is 1. The molecular formula is C23H28N4O8. The van der Waals surface area contributed by atoms with Gasteiger partial charge in [-0.05, 0) is 50.2 Å². The third-order valence-electron chi connectivity index (χ3n) is 4.66. The maximum Gasteiger partial charge on any atom is 0.374 e. The van der Waals surface area contributed by atoms with Crippen molar-refractivity contribution in [2.45, 2.75) is 25.4 Å². The molecule has 1 fully saturated rings. The number of carbonyl (C=O) groups excluding carboxylic acids is 1. The summed E-state index contributed by atoms with van der Waals surface area (Å²) in [6.07, 6.45) is 8.85. The number of nitrogens with zero attached hydrogens (tertiary/aromatic N) is 3. The van der Waals surface area contributed by atoms with Gasteiger partial charge in [0, 0.05) is 36.7 Å². The predicted molar refractivity (Wildman–Crippen MR) is 124 cm³/mol. The van der Waals surface area contributed by atoms with Gasteiger partial charge < -0.3 is 29.9 Å². The zero-order valence-electron chi connectivity index (χ0n) is 19.0. The lowest BCUT2D eigenvalue weighted by Gasteiger charge is -2.29. The van der Waals surface area contributed by atoms with E-state index in [1.807, 2.05) is 0 Å². The van der Waals surface area contributed by atoms with Crippen LogP contribution < -0.4 is 5.73 Å². The number of aliphatic carboxylic acids is 2. The lowest BCUT2D eigenvalue weighted by Crippen LogP contribution is -2.40. The van der Waals surface area contributed by atoms with Crippen molar-refractivity contribution < 1.29 is 38.6 Å². The Hall–Kier alpha value is -4.19. The molecule has 2 aromatic rings. The van der Waals surface area contributed by atoms with Crippen molar-refractivity contribution in [3.63, 3.8) is 0 Å². The number of carboxylic acids is 2. The molecule has 0 bridgehead atoms. The highest BCUT2D eigenvalue weighted by molar-refractivity contribution is 5.96. The minimum atomic E-state index is -1.26. The molecule has 1 atom stereocenters. The van der Waals surface area contributed by atoms with Crippen molar-refractivity contribution in [1.82, 2.24) is 9.88 Å². The lowest BCUT2D eigenvalue weighted by atomic mass is 10.1. The number of oxime groups is 1. The second-order valence-electron chi connectivity index (χ2n) is 7.39. The Bertz CT molecular complexity index is 970. The van der Waals surface area contributed by atoms with Crippen molar-refractivity contribution in [3.8, 4) is 0 Å². The van der Waals surface area contributed by atoms with E-state index in [4.69, 9.17) is 29.9 Å². The van der Waals surface area contributed by atoms with E-state index in [0.717, 1.165) is 25.9 Å². The number of furan rings is 1. The maximum atomic E-state index is 12.2. The number of carbonyl (C=O) groups is 3. The Morgan fingerprint density at radius 1 is 1.14 bits per heavy atom. The zero-order valence-corrected chi connectivity index (χ0v) is 19.0. The molecule has 4 N–H and O–H groups in total. The van der Waals surface area contributed by atoms with Crippen LogP contribution in [0.4, 0.5) is 0 Å². The number of amidine groups is 1. The van der Waals surface area contributed by atoms with E-state index in [-0.39, 0.29) is 18.2 Å². The molecule has 1 saturated heterocycles. The van der Waals surface area contributed by atoms with Gasteiger partial charge in [-0.2, -0.15) is 0 Å². The first-order valence-electron chi connectivity index (χ1n) is 10.8. The molecule has 1 aliphatic rings. The Labute approximate surface area is 201 Å². The quantitative estimate of drug-likeness (QED) is 0.146. The van der Waals surface area contributed by atoms with E-state index in [2.05, 4.69) is 15.0 Å². The summed E-state index contributed by atoms with van der Waals surface area (Å²) in [6.45, 7) is 2.64. The average molecular weight is 488 g/mol. The zero-order chi connectivity index (χ0) is 25.5. The Kier molecular flexibility index (Phi) is 11.5. The predicted octanol–water partition coefficient (Wildman–Crippen LogP) is 1.73. The van der Waals surface area contributed by atoms with Gasteiger partial charge in [0.05, 0.1) is 6.26 Å². The highest BCUT2D eigenvalue weighted by atomic mass is 16.6. The summed E-state index contributed by atoms with van der Waals surface area (Å²) in [4.78, 5) is 43.0. The number of rotatable bonds is 10. The highest BCUT2D eigenvalue weighted by Crippen LogP contribution is 2.12. The van der Waals surface area contributed by atoms with Crippen LogP contribution in [0.5, 0.6) is 0 Å². The van der Waals surface area contributed by atoms with E-state index < -0.39 is 24.0 Å². The number of likely N-dealkylation sites (tertiary alicyclic amines) is 1. The van der Waals surface area contributed by atoms with Crippen LogP contribution in [0.2, 0.25) is 0 Å². The number of aromatic nitrogens is 1. The first-order chi connectivity index (χ1) is 16.8. The maximum absolute atomic E-state index is 12.2. The van der Waals surface area contributed by atoms with E-state index in [1.165, 1.54) is 12.7 Å². The molecule has 0 spiro atoms. The number of pyridine rings is 1. The molecule has 12 nitrogen and oxygen atoms in total. The van der Waals surface area contributed by atoms with Gasteiger partial charge in [0.2, 0.25) is 5.76 Å². The summed E-state index contributed by atoms with van der Waals surface area (Å²) in [7, 11) is 0. The molecule has 0 aliphatic carbocycles. The summed E-state index contributed by atoms with van der Waals surface area (Å²) in [6, 6.07) is 6.77. The Morgan fingerprint density at radius 3 is 2.43 bits per heavy atom. The van der Waals surface area contributed by atoms with E-state index in [0.29, 0.717) is 24.3 Å². The summed E-state index contributed by atoms with van der Waals surface area (Å²) >= 11 is 0. The minimum Gasteiger partial charge on any atom is -0.478 e. The van der Waals surface area contributed by atoms with Gasteiger partial charge >= 0.3 is 17.9 Å². The summed E-state index contributed by atoms with van der Waals surface area (Å²) in [5.41, 5.74) is 6.56. The second kappa shape index (κ2) is 14.9. The fraction of sp³-hybridized carbons (Fsp3) is 0.348. The molecule has 0 saturated carbocycles. The molecular weight excluding hydrogens is 460 g/mol. The summed E-state index contributed by atoms with van der Waals surface area (Å²) in [5, 5.41) is 19.5. The number of nitrogens with two attached hydrogens (primary N) is 1. The molecule has 0 radical (unpaired) electrons. The number of carboxylic acid groups (broad SMARTS) is 2. The molecule has 35 heavy (non-hydrogen) atoms. The molecule has 1 unspecified atom stereocenters. The van der Waals surface area contributed by atoms with Gasteiger partial charge in [-0.15, -0.1) is 0 Å². The minimum absolute atomic E-state index is 0.101. The van der Waals surface area contributed by atoms with Crippen LogP contribution >= 0.6 is 0 Å². The van der Waals surface area contributed by atoms with Crippen LogP contribution in [-0.4, -0.2) is 76.2 Å². The van der Waals surface area contributed by atoms with Crippen LogP contribution in [0.1, 0.15) is 35.4 Å². The molecule has 3 rings (SSSR count). The number of esters is 1. The van der Waals surface area contributed by atoms with Crippen molar-refractivity contribution >= 4 is 23.7 Å². The average Bonchev–Trinajstić information content (AvgIpc) is 3.39. The van der Waals surface area contributed by atoms with Crippen LogP contribution in [0.15, 0.2) is 64.6 Å². The van der Waals surface area contributed by atoms with Crippen molar-refractivity contribution in [2.24, 2.45) is 10.9 Å². The van der Waals surface area contributed by atoms with E-state index in [1.54, 1.807) is 36.7 Å². The third-order valence-corrected chi connectivity index (χ3v) is 4.66.